The van der Waals surface area contributed by atoms with Crippen molar-refractivity contribution in [2.75, 3.05) is 0 Å². The number of sulfonamides is 1. The second kappa shape index (κ2) is 5.79. The molecule has 0 aromatic heterocycles. The van der Waals surface area contributed by atoms with Crippen LogP contribution in [-0.4, -0.2) is 14.5 Å². The lowest BCUT2D eigenvalue weighted by Gasteiger charge is -2.10. The minimum absolute atomic E-state index is 0.0160. The normalized spacial score (nSPS) is 22.0. The first-order valence-electron chi connectivity index (χ1n) is 6.90. The monoisotopic (exact) mass is 300 g/mol. The predicted molar refractivity (Wildman–Crippen MR) is 76.2 cm³/mol. The van der Waals surface area contributed by atoms with E-state index >= 15 is 0 Å². The molecular weight excluding hydrogens is 279 g/mol. The first-order chi connectivity index (χ1) is 9.39. The average Bonchev–Trinajstić information content (AvgIpc) is 3.10. The highest BCUT2D eigenvalue weighted by atomic mass is 32.2. The van der Waals surface area contributed by atoms with Crippen LogP contribution in [0.2, 0.25) is 0 Å². The molecule has 1 aromatic rings. The van der Waals surface area contributed by atoms with E-state index in [-0.39, 0.29) is 23.0 Å². The summed E-state index contributed by atoms with van der Waals surface area (Å²) in [5.74, 6) is 0.00651. The number of hydrogen-bond acceptors (Lipinski definition) is 3. The minimum atomic E-state index is -3.59. The largest absolute Gasteiger partial charge is 0.326 e. The summed E-state index contributed by atoms with van der Waals surface area (Å²) < 4.78 is 41.0. The van der Waals surface area contributed by atoms with Crippen LogP contribution < -0.4 is 10.5 Å². The van der Waals surface area contributed by atoms with Gasteiger partial charge in [-0.25, -0.2) is 17.5 Å². The zero-order valence-electron chi connectivity index (χ0n) is 11.8. The molecule has 0 bridgehead atoms. The molecule has 1 saturated carbocycles. The Morgan fingerprint density at radius 1 is 1.45 bits per heavy atom. The third-order valence-electron chi connectivity index (χ3n) is 3.72. The highest BCUT2D eigenvalue weighted by Crippen LogP contribution is 2.35. The lowest BCUT2D eigenvalue weighted by molar-refractivity contribution is 0.570. The van der Waals surface area contributed by atoms with E-state index in [0.29, 0.717) is 11.5 Å². The Morgan fingerprint density at radius 2 is 2.15 bits per heavy atom. The molecule has 1 aliphatic carbocycles. The van der Waals surface area contributed by atoms with Gasteiger partial charge in [0.05, 0.1) is 4.90 Å². The van der Waals surface area contributed by atoms with Crippen LogP contribution in [0.1, 0.15) is 37.3 Å². The van der Waals surface area contributed by atoms with Gasteiger partial charge in [-0.1, -0.05) is 13.3 Å². The van der Waals surface area contributed by atoms with Gasteiger partial charge in [0.15, 0.2) is 0 Å². The molecule has 0 spiro atoms. The smallest absolute Gasteiger partial charge is 0.240 e. The van der Waals surface area contributed by atoms with Crippen molar-refractivity contribution in [3.63, 3.8) is 0 Å². The maximum atomic E-state index is 13.7. The van der Waals surface area contributed by atoms with Crippen molar-refractivity contribution in [1.82, 2.24) is 4.72 Å². The summed E-state index contributed by atoms with van der Waals surface area (Å²) in [6.45, 7) is 3.61. The molecule has 4 nitrogen and oxygen atoms in total. The maximum Gasteiger partial charge on any atom is 0.240 e. The number of nitrogens with two attached hydrogens (primary N) is 1. The van der Waals surface area contributed by atoms with Crippen LogP contribution in [0.4, 0.5) is 4.39 Å². The zero-order valence-corrected chi connectivity index (χ0v) is 12.6. The second-order valence-electron chi connectivity index (χ2n) is 5.43. The zero-order chi connectivity index (χ0) is 14.9. The number of nitrogens with one attached hydrogen (secondary N) is 1. The molecule has 6 heteroatoms. The molecule has 0 radical (unpaired) electrons. The highest BCUT2D eigenvalue weighted by Gasteiger charge is 2.39. The van der Waals surface area contributed by atoms with Crippen LogP contribution in [0.5, 0.6) is 0 Å². The molecule has 1 aliphatic rings. The van der Waals surface area contributed by atoms with E-state index in [1.807, 2.05) is 0 Å². The third kappa shape index (κ3) is 3.19. The van der Waals surface area contributed by atoms with Gasteiger partial charge in [-0.3, -0.25) is 0 Å². The second-order valence-corrected chi connectivity index (χ2v) is 7.14. The SMILES string of the molecule is CCCC1CC1NS(=O)(=O)c1cc(C)c(F)c(CN)c1. The van der Waals surface area contributed by atoms with E-state index in [1.54, 1.807) is 6.92 Å². The van der Waals surface area contributed by atoms with Gasteiger partial charge in [-0.2, -0.15) is 0 Å². The Hall–Kier alpha value is -0.980. The number of benzene rings is 1. The van der Waals surface area contributed by atoms with Crippen LogP contribution in [-0.2, 0) is 16.6 Å². The fourth-order valence-corrected chi connectivity index (χ4v) is 3.91. The van der Waals surface area contributed by atoms with Gasteiger partial charge < -0.3 is 5.73 Å². The van der Waals surface area contributed by atoms with Crippen LogP contribution in [0.25, 0.3) is 0 Å². The summed E-state index contributed by atoms with van der Waals surface area (Å²) in [6.07, 6.45) is 2.97. The van der Waals surface area contributed by atoms with Gasteiger partial charge in [-0.15, -0.1) is 0 Å². The molecule has 3 N–H and O–H groups in total. The highest BCUT2D eigenvalue weighted by molar-refractivity contribution is 7.89. The van der Waals surface area contributed by atoms with Gasteiger partial charge >= 0.3 is 0 Å². The van der Waals surface area contributed by atoms with Crippen molar-refractivity contribution >= 4 is 10.0 Å². The van der Waals surface area contributed by atoms with E-state index in [9.17, 15) is 12.8 Å². The molecule has 20 heavy (non-hydrogen) atoms. The van der Waals surface area contributed by atoms with Gasteiger partial charge in [-0.05, 0) is 43.4 Å². The number of hydrogen-bond donors (Lipinski definition) is 2. The van der Waals surface area contributed by atoms with Gasteiger partial charge in [0.1, 0.15) is 5.82 Å². The molecule has 0 amide bonds. The van der Waals surface area contributed by atoms with Crippen LogP contribution in [0.3, 0.4) is 0 Å². The molecule has 112 valence electrons. The summed E-state index contributed by atoms with van der Waals surface area (Å²) in [5.41, 5.74) is 5.98. The Kier molecular flexibility index (Phi) is 4.46. The molecule has 0 saturated heterocycles. The number of halogens is 1. The van der Waals surface area contributed by atoms with E-state index in [2.05, 4.69) is 11.6 Å². The number of aryl methyl sites for hydroxylation is 1. The predicted octanol–water partition coefficient (Wildman–Crippen LogP) is 2.06. The summed E-state index contributed by atoms with van der Waals surface area (Å²) in [5, 5.41) is 0. The number of rotatable bonds is 6. The molecule has 0 heterocycles. The van der Waals surface area contributed by atoms with Gasteiger partial charge in [0, 0.05) is 18.2 Å². The topological polar surface area (TPSA) is 72.2 Å². The van der Waals surface area contributed by atoms with Crippen LogP contribution in [0.15, 0.2) is 17.0 Å². The van der Waals surface area contributed by atoms with Crippen molar-refractivity contribution in [1.29, 1.82) is 0 Å². The van der Waals surface area contributed by atoms with Crippen molar-refractivity contribution in [2.45, 2.75) is 50.6 Å². The lowest BCUT2D eigenvalue weighted by Crippen LogP contribution is -2.27. The first-order valence-corrected chi connectivity index (χ1v) is 8.38. The Balaban J connectivity index is 2.20. The summed E-state index contributed by atoms with van der Waals surface area (Å²) in [4.78, 5) is 0.0963. The molecule has 0 aliphatic heterocycles. The summed E-state index contributed by atoms with van der Waals surface area (Å²) >= 11 is 0. The van der Waals surface area contributed by atoms with Crippen molar-refractivity contribution in [2.24, 2.45) is 11.7 Å². The minimum Gasteiger partial charge on any atom is -0.326 e. The maximum absolute atomic E-state index is 13.7. The van der Waals surface area contributed by atoms with Gasteiger partial charge in [0.25, 0.3) is 0 Å². The van der Waals surface area contributed by atoms with Crippen LogP contribution in [0, 0.1) is 18.7 Å². The fourth-order valence-electron chi connectivity index (χ4n) is 2.46. The average molecular weight is 300 g/mol. The lowest BCUT2D eigenvalue weighted by atomic mass is 10.1. The summed E-state index contributed by atoms with van der Waals surface area (Å²) in [6, 6.07) is 2.70. The Morgan fingerprint density at radius 3 is 2.75 bits per heavy atom. The van der Waals surface area contributed by atoms with E-state index < -0.39 is 15.8 Å². The van der Waals surface area contributed by atoms with Crippen LogP contribution >= 0.6 is 0 Å². The van der Waals surface area contributed by atoms with Gasteiger partial charge in [0.2, 0.25) is 10.0 Å². The molecule has 2 atom stereocenters. The molecule has 1 aromatic carbocycles. The standard InChI is InChI=1S/C14H21FN2O2S/c1-3-4-10-7-13(10)17-20(18,19)12-5-9(2)14(15)11(6-12)8-16/h5-6,10,13,17H,3-4,7-8,16H2,1-2H3. The Bertz CT molecular complexity index is 601. The summed E-state index contributed by atoms with van der Waals surface area (Å²) in [7, 11) is -3.59. The molecule has 1 fully saturated rings. The van der Waals surface area contributed by atoms with Crippen molar-refractivity contribution < 1.29 is 12.8 Å². The third-order valence-corrected chi connectivity index (χ3v) is 5.19. The molecular formula is C14H21FN2O2S. The van der Waals surface area contributed by atoms with Crippen molar-refractivity contribution in [3.05, 3.63) is 29.1 Å². The fraction of sp³-hybridized carbons (Fsp3) is 0.571. The van der Waals surface area contributed by atoms with E-state index in [0.717, 1.165) is 19.3 Å². The van der Waals surface area contributed by atoms with E-state index in [1.165, 1.54) is 12.1 Å². The van der Waals surface area contributed by atoms with Crippen molar-refractivity contribution in [3.8, 4) is 0 Å². The molecule has 2 unspecified atom stereocenters. The molecule has 2 rings (SSSR count). The Labute approximate surface area is 119 Å². The van der Waals surface area contributed by atoms with E-state index in [4.69, 9.17) is 5.73 Å². The quantitative estimate of drug-likeness (QED) is 0.844. The first kappa shape index (κ1) is 15.4.